The zero-order chi connectivity index (χ0) is 17.4. The highest BCUT2D eigenvalue weighted by Crippen LogP contribution is 2.30. The molecule has 0 unspecified atom stereocenters. The molecule has 0 radical (unpaired) electrons. The maximum absolute atomic E-state index is 13.7. The van der Waals surface area contributed by atoms with Gasteiger partial charge in [-0.1, -0.05) is 15.9 Å². The number of halogens is 3. The lowest BCUT2D eigenvalue weighted by Crippen LogP contribution is -2.08. The number of rotatable bonds is 5. The Labute approximate surface area is 141 Å². The number of aromatic nitrogens is 1. The fraction of sp³-hybridized carbons (Fsp3) is 0.167. The molecule has 23 heavy (non-hydrogen) atoms. The standard InChI is InChI=1S/C12H8BrF2NO5S2/c1-23(19,20)12-9(11(17)18)10(16-22-12)21-4-6-7(14)2-5(13)3-8(6)15/h2-3H,4H2,1H3,(H,17,18). The van der Waals surface area contributed by atoms with E-state index in [0.717, 1.165) is 18.4 Å². The summed E-state index contributed by atoms with van der Waals surface area (Å²) < 4.78 is 58.7. The van der Waals surface area contributed by atoms with E-state index in [0.29, 0.717) is 11.5 Å². The largest absolute Gasteiger partial charge is 0.477 e. The average Bonchev–Trinajstić information content (AvgIpc) is 2.81. The van der Waals surface area contributed by atoms with Crippen molar-refractivity contribution in [2.45, 2.75) is 10.8 Å². The molecule has 1 aromatic carbocycles. The molecule has 1 aromatic heterocycles. The van der Waals surface area contributed by atoms with Gasteiger partial charge in [0.15, 0.2) is 19.6 Å². The highest BCUT2D eigenvalue weighted by molar-refractivity contribution is 9.10. The molecule has 1 N–H and O–H groups in total. The van der Waals surface area contributed by atoms with Crippen LogP contribution in [-0.4, -0.2) is 30.1 Å². The molecule has 11 heteroatoms. The van der Waals surface area contributed by atoms with Crippen molar-refractivity contribution in [3.8, 4) is 5.88 Å². The SMILES string of the molecule is CS(=O)(=O)c1snc(OCc2c(F)cc(Br)cc2F)c1C(=O)O. The van der Waals surface area contributed by atoms with Crippen LogP contribution in [0.25, 0.3) is 0 Å². The van der Waals surface area contributed by atoms with Crippen LogP contribution in [0.5, 0.6) is 5.88 Å². The minimum Gasteiger partial charge on any atom is -0.477 e. The zero-order valence-electron chi connectivity index (χ0n) is 11.3. The summed E-state index contributed by atoms with van der Waals surface area (Å²) in [5, 5.41) is 9.11. The fourth-order valence-electron chi connectivity index (χ4n) is 1.64. The Morgan fingerprint density at radius 1 is 1.39 bits per heavy atom. The van der Waals surface area contributed by atoms with Crippen molar-refractivity contribution < 1.29 is 31.8 Å². The molecule has 2 rings (SSSR count). The summed E-state index contributed by atoms with van der Waals surface area (Å²) in [5.74, 6) is -3.87. The van der Waals surface area contributed by atoms with Crippen LogP contribution in [-0.2, 0) is 16.4 Å². The number of carbonyl (C=O) groups is 1. The topological polar surface area (TPSA) is 93.6 Å². The van der Waals surface area contributed by atoms with Crippen LogP contribution in [0, 0.1) is 11.6 Å². The molecule has 2 aromatic rings. The molecular formula is C12H8BrF2NO5S2. The van der Waals surface area contributed by atoms with Crippen molar-refractivity contribution in [2.75, 3.05) is 6.26 Å². The van der Waals surface area contributed by atoms with Gasteiger partial charge in [-0.15, -0.1) is 0 Å². The molecule has 0 aliphatic heterocycles. The maximum Gasteiger partial charge on any atom is 0.343 e. The summed E-state index contributed by atoms with van der Waals surface area (Å²) in [4.78, 5) is 11.2. The van der Waals surface area contributed by atoms with Gasteiger partial charge in [-0.05, 0) is 23.7 Å². The third-order valence-corrected chi connectivity index (χ3v) is 5.73. The van der Waals surface area contributed by atoms with Gasteiger partial charge in [-0.2, -0.15) is 4.37 Å². The molecule has 0 spiro atoms. The van der Waals surface area contributed by atoms with Gasteiger partial charge in [-0.25, -0.2) is 22.0 Å². The molecule has 0 saturated heterocycles. The number of hydrogen-bond donors (Lipinski definition) is 1. The van der Waals surface area contributed by atoms with E-state index < -0.39 is 55.3 Å². The Morgan fingerprint density at radius 3 is 2.43 bits per heavy atom. The van der Waals surface area contributed by atoms with Crippen molar-refractivity contribution in [1.29, 1.82) is 0 Å². The second kappa shape index (κ2) is 6.49. The van der Waals surface area contributed by atoms with E-state index in [4.69, 9.17) is 9.84 Å². The van der Waals surface area contributed by atoms with Crippen LogP contribution in [0.4, 0.5) is 8.78 Å². The van der Waals surface area contributed by atoms with Gasteiger partial charge < -0.3 is 9.84 Å². The molecule has 6 nitrogen and oxygen atoms in total. The Balaban J connectivity index is 2.36. The molecular weight excluding hydrogens is 420 g/mol. The number of ether oxygens (including phenoxy) is 1. The van der Waals surface area contributed by atoms with Crippen LogP contribution < -0.4 is 4.74 Å². The summed E-state index contributed by atoms with van der Waals surface area (Å²) in [7, 11) is -3.82. The molecule has 0 atom stereocenters. The number of carboxylic acids is 1. The normalized spacial score (nSPS) is 11.5. The van der Waals surface area contributed by atoms with Gasteiger partial charge in [0.1, 0.15) is 18.2 Å². The summed E-state index contributed by atoms with van der Waals surface area (Å²) in [6, 6.07) is 2.03. The number of sulfone groups is 1. The molecule has 0 amide bonds. The van der Waals surface area contributed by atoms with Crippen molar-refractivity contribution in [3.63, 3.8) is 0 Å². The Hall–Kier alpha value is -1.59. The Bertz CT molecular complexity index is 859. The third kappa shape index (κ3) is 3.85. The number of hydrogen-bond acceptors (Lipinski definition) is 6. The van der Waals surface area contributed by atoms with E-state index in [1.807, 2.05) is 0 Å². The van der Waals surface area contributed by atoms with Gasteiger partial charge in [-0.3, -0.25) is 0 Å². The van der Waals surface area contributed by atoms with Crippen molar-refractivity contribution in [2.24, 2.45) is 0 Å². The zero-order valence-corrected chi connectivity index (χ0v) is 14.6. The maximum atomic E-state index is 13.7. The lowest BCUT2D eigenvalue weighted by atomic mass is 10.2. The average molecular weight is 428 g/mol. The minimum atomic E-state index is -3.82. The van der Waals surface area contributed by atoms with Gasteiger partial charge in [0.05, 0.1) is 5.56 Å². The highest BCUT2D eigenvalue weighted by Gasteiger charge is 2.28. The quantitative estimate of drug-likeness (QED) is 0.788. The third-order valence-electron chi connectivity index (χ3n) is 2.64. The van der Waals surface area contributed by atoms with E-state index in [2.05, 4.69) is 20.3 Å². The van der Waals surface area contributed by atoms with Crippen molar-refractivity contribution >= 4 is 43.3 Å². The summed E-state index contributed by atoms with van der Waals surface area (Å²) >= 11 is 3.34. The van der Waals surface area contributed by atoms with Crippen LogP contribution in [0.3, 0.4) is 0 Å². The number of carboxylic acid groups (broad SMARTS) is 1. The van der Waals surface area contributed by atoms with Crippen molar-refractivity contribution in [1.82, 2.24) is 4.37 Å². The lowest BCUT2D eigenvalue weighted by molar-refractivity contribution is 0.0687. The fourth-order valence-corrected chi connectivity index (χ4v) is 3.82. The first-order valence-electron chi connectivity index (χ1n) is 5.80. The lowest BCUT2D eigenvalue weighted by Gasteiger charge is -2.07. The molecule has 0 fully saturated rings. The van der Waals surface area contributed by atoms with E-state index in [-0.39, 0.29) is 4.47 Å². The highest BCUT2D eigenvalue weighted by atomic mass is 79.9. The second-order valence-electron chi connectivity index (χ2n) is 4.36. The number of benzene rings is 1. The summed E-state index contributed by atoms with van der Waals surface area (Å²) in [6.07, 6.45) is 0.824. The van der Waals surface area contributed by atoms with Crippen LogP contribution in [0.1, 0.15) is 15.9 Å². The first-order valence-corrected chi connectivity index (χ1v) is 9.26. The van der Waals surface area contributed by atoms with Crippen LogP contribution in [0.15, 0.2) is 20.8 Å². The van der Waals surface area contributed by atoms with Gasteiger partial charge in [0.25, 0.3) is 0 Å². The summed E-state index contributed by atoms with van der Waals surface area (Å²) in [6.45, 7) is -0.641. The van der Waals surface area contributed by atoms with E-state index in [9.17, 15) is 22.0 Å². The molecule has 0 aliphatic carbocycles. The van der Waals surface area contributed by atoms with E-state index in [1.54, 1.807) is 0 Å². The van der Waals surface area contributed by atoms with Gasteiger partial charge in [0.2, 0.25) is 5.88 Å². The smallest absolute Gasteiger partial charge is 0.343 e. The molecule has 0 aliphatic rings. The Morgan fingerprint density at radius 2 is 1.96 bits per heavy atom. The van der Waals surface area contributed by atoms with Gasteiger partial charge in [0, 0.05) is 10.7 Å². The first-order chi connectivity index (χ1) is 10.6. The molecule has 0 bridgehead atoms. The molecule has 0 saturated carbocycles. The molecule has 124 valence electrons. The minimum absolute atomic E-state index is 0.190. The number of aromatic carboxylic acids is 1. The van der Waals surface area contributed by atoms with Gasteiger partial charge >= 0.3 is 5.97 Å². The van der Waals surface area contributed by atoms with E-state index in [1.165, 1.54) is 0 Å². The first kappa shape index (κ1) is 17.8. The predicted octanol–water partition coefficient (Wildman–Crippen LogP) is 2.86. The van der Waals surface area contributed by atoms with Crippen LogP contribution >= 0.6 is 27.5 Å². The molecule has 1 heterocycles. The van der Waals surface area contributed by atoms with Crippen molar-refractivity contribution in [3.05, 3.63) is 39.4 Å². The second-order valence-corrected chi connectivity index (χ2v) is 8.26. The predicted molar refractivity (Wildman–Crippen MR) is 80.6 cm³/mol. The van der Waals surface area contributed by atoms with Crippen LogP contribution in [0.2, 0.25) is 0 Å². The Kier molecular flexibility index (Phi) is 5.01. The summed E-state index contributed by atoms with van der Waals surface area (Å²) in [5.41, 5.74) is -1.09. The van der Waals surface area contributed by atoms with E-state index >= 15 is 0 Å². The monoisotopic (exact) mass is 427 g/mol. The number of nitrogens with zero attached hydrogens (tertiary/aromatic N) is 1.